The Labute approximate surface area is 271 Å². The Kier molecular flexibility index (Phi) is 11.3. The standard InChI is InChI=1S/C34H40N4O4.2ClH/c1-22-27(11-12-30(39)40)23(2)36-33-31(22)28-5-3-4-6-29(28)38(33)21-24-7-9-25(10-8-24)32(26-13-19-42-20-14-26)34(41)37-17-15-35-16-18-37;;/h3-10,26,32,35H,11-21H2,1-2H3,(H,39,40);2*1H/t32-;;/m1../s1. The van der Waals surface area contributed by atoms with Gasteiger partial charge in [0, 0.05) is 68.8 Å². The highest BCUT2D eigenvalue weighted by molar-refractivity contribution is 6.08. The molecule has 0 spiro atoms. The fraction of sp³-hybridized carbons (Fsp3) is 0.441. The summed E-state index contributed by atoms with van der Waals surface area (Å²) in [5.74, 6) is -0.416. The van der Waals surface area contributed by atoms with Crippen molar-refractivity contribution in [2.75, 3.05) is 39.4 Å². The SMILES string of the molecule is Cc1nc2c(c(C)c1CCC(=O)O)c1ccccc1n2Cc1ccc([C@@H](C(=O)N2CCNCC2)C2CCOCC2)cc1.Cl.Cl. The van der Waals surface area contributed by atoms with Crippen LogP contribution in [0.3, 0.4) is 0 Å². The van der Waals surface area contributed by atoms with Crippen molar-refractivity contribution in [3.63, 3.8) is 0 Å². The van der Waals surface area contributed by atoms with E-state index in [2.05, 4.69) is 59.3 Å². The molecule has 4 heterocycles. The van der Waals surface area contributed by atoms with E-state index in [-0.39, 0.29) is 49.0 Å². The summed E-state index contributed by atoms with van der Waals surface area (Å²) in [5, 5.41) is 14.9. The highest BCUT2D eigenvalue weighted by Crippen LogP contribution is 2.36. The third kappa shape index (κ3) is 6.74. The topological polar surface area (TPSA) is 96.7 Å². The number of aryl methyl sites for hydroxylation is 2. The van der Waals surface area contributed by atoms with Gasteiger partial charge >= 0.3 is 5.97 Å². The lowest BCUT2D eigenvalue weighted by molar-refractivity contribution is -0.137. The molecule has 236 valence electrons. The van der Waals surface area contributed by atoms with Crippen LogP contribution in [0.2, 0.25) is 0 Å². The molecule has 2 aliphatic heterocycles. The Bertz CT molecular complexity index is 1610. The molecule has 2 saturated heterocycles. The van der Waals surface area contributed by atoms with Crippen LogP contribution in [-0.2, 0) is 27.3 Å². The molecule has 2 aromatic carbocycles. The van der Waals surface area contributed by atoms with Crippen molar-refractivity contribution in [1.82, 2.24) is 19.8 Å². The molecule has 0 radical (unpaired) electrons. The number of carboxylic acid groups (broad SMARTS) is 1. The van der Waals surface area contributed by atoms with E-state index in [4.69, 9.17) is 9.72 Å². The number of para-hydroxylation sites is 1. The van der Waals surface area contributed by atoms with Crippen molar-refractivity contribution < 1.29 is 19.4 Å². The second-order valence-corrected chi connectivity index (χ2v) is 11.7. The van der Waals surface area contributed by atoms with Gasteiger partial charge in [-0.3, -0.25) is 9.59 Å². The molecule has 0 bridgehead atoms. The average Bonchev–Trinajstić information content (AvgIpc) is 3.31. The van der Waals surface area contributed by atoms with Gasteiger partial charge in [0.25, 0.3) is 0 Å². The van der Waals surface area contributed by atoms with Crippen molar-refractivity contribution in [2.24, 2.45) is 5.92 Å². The minimum atomic E-state index is -0.798. The van der Waals surface area contributed by atoms with Crippen LogP contribution < -0.4 is 5.32 Å². The number of carbonyl (C=O) groups is 2. The Hall–Kier alpha value is -3.17. The number of nitrogens with zero attached hydrogens (tertiary/aromatic N) is 3. The first-order chi connectivity index (χ1) is 20.4. The second-order valence-electron chi connectivity index (χ2n) is 11.7. The first kappa shape index (κ1) is 33.7. The summed E-state index contributed by atoms with van der Waals surface area (Å²) in [7, 11) is 0. The maximum absolute atomic E-state index is 13.8. The Morgan fingerprint density at radius 2 is 1.70 bits per heavy atom. The normalized spacial score (nSPS) is 16.4. The molecule has 1 amide bonds. The predicted molar refractivity (Wildman–Crippen MR) is 178 cm³/mol. The number of hydrogen-bond acceptors (Lipinski definition) is 5. The number of aromatic nitrogens is 2. The number of rotatable bonds is 8. The molecule has 8 nitrogen and oxygen atoms in total. The number of halogens is 2. The molecule has 2 fully saturated rings. The van der Waals surface area contributed by atoms with Crippen LogP contribution in [0.1, 0.15) is 53.1 Å². The first-order valence-corrected chi connectivity index (χ1v) is 15.2. The van der Waals surface area contributed by atoms with E-state index in [1.54, 1.807) is 0 Å². The van der Waals surface area contributed by atoms with Gasteiger partial charge in [-0.05, 0) is 67.3 Å². The van der Waals surface area contributed by atoms with Crippen molar-refractivity contribution in [2.45, 2.75) is 52.0 Å². The van der Waals surface area contributed by atoms with Crippen molar-refractivity contribution in [1.29, 1.82) is 0 Å². The van der Waals surface area contributed by atoms with Crippen LogP contribution >= 0.6 is 24.8 Å². The molecular formula is C34H42Cl2N4O4. The number of fused-ring (bicyclic) bond motifs is 3. The summed E-state index contributed by atoms with van der Waals surface area (Å²) in [4.78, 5) is 32.2. The van der Waals surface area contributed by atoms with Gasteiger partial charge in [0.2, 0.25) is 5.91 Å². The number of piperazine rings is 1. The van der Waals surface area contributed by atoms with Gasteiger partial charge in [-0.1, -0.05) is 42.5 Å². The molecule has 1 atom stereocenters. The summed E-state index contributed by atoms with van der Waals surface area (Å²) in [6, 6.07) is 17.0. The maximum Gasteiger partial charge on any atom is 0.303 e. The molecule has 0 aliphatic carbocycles. The number of ether oxygens (including phenoxy) is 1. The summed E-state index contributed by atoms with van der Waals surface area (Å²) < 4.78 is 7.90. The van der Waals surface area contributed by atoms with E-state index in [1.165, 1.54) is 0 Å². The number of amides is 1. The number of hydrogen-bond donors (Lipinski definition) is 2. The van der Waals surface area contributed by atoms with Gasteiger partial charge in [-0.15, -0.1) is 24.8 Å². The Morgan fingerprint density at radius 3 is 2.39 bits per heavy atom. The number of carboxylic acids is 1. The van der Waals surface area contributed by atoms with E-state index >= 15 is 0 Å². The molecular weight excluding hydrogens is 599 g/mol. The van der Waals surface area contributed by atoms with Gasteiger partial charge in [0.1, 0.15) is 5.65 Å². The van der Waals surface area contributed by atoms with Gasteiger partial charge in [0.05, 0.1) is 11.4 Å². The molecule has 10 heteroatoms. The Balaban J connectivity index is 0.00000221. The third-order valence-corrected chi connectivity index (χ3v) is 9.18. The fourth-order valence-electron chi connectivity index (χ4n) is 6.95. The average molecular weight is 642 g/mol. The van der Waals surface area contributed by atoms with Gasteiger partial charge < -0.3 is 24.6 Å². The number of pyridine rings is 1. The molecule has 4 aromatic rings. The zero-order valence-electron chi connectivity index (χ0n) is 25.4. The number of aliphatic carboxylic acids is 1. The molecule has 2 aliphatic rings. The van der Waals surface area contributed by atoms with Crippen molar-refractivity contribution in [3.8, 4) is 0 Å². The summed E-state index contributed by atoms with van der Waals surface area (Å²) in [6.45, 7) is 9.35. The molecule has 2 aromatic heterocycles. The van der Waals surface area contributed by atoms with E-state index in [0.29, 0.717) is 26.2 Å². The maximum atomic E-state index is 13.8. The number of carbonyl (C=O) groups excluding carboxylic acids is 1. The quantitative estimate of drug-likeness (QED) is 0.258. The molecule has 0 unspecified atom stereocenters. The minimum Gasteiger partial charge on any atom is -0.481 e. The summed E-state index contributed by atoms with van der Waals surface area (Å²) in [5.41, 5.74) is 7.27. The van der Waals surface area contributed by atoms with Crippen LogP contribution in [-0.4, -0.2) is 70.8 Å². The fourth-order valence-corrected chi connectivity index (χ4v) is 6.95. The third-order valence-electron chi connectivity index (χ3n) is 9.18. The molecule has 6 rings (SSSR count). The Morgan fingerprint density at radius 1 is 1.02 bits per heavy atom. The van der Waals surface area contributed by atoms with Crippen LogP contribution in [0.25, 0.3) is 21.9 Å². The second kappa shape index (κ2) is 14.7. The van der Waals surface area contributed by atoms with Crippen molar-refractivity contribution in [3.05, 3.63) is 76.5 Å². The molecule has 44 heavy (non-hydrogen) atoms. The summed E-state index contributed by atoms with van der Waals surface area (Å²) >= 11 is 0. The lowest BCUT2D eigenvalue weighted by Crippen LogP contribution is -2.49. The summed E-state index contributed by atoms with van der Waals surface area (Å²) in [6.07, 6.45) is 2.37. The lowest BCUT2D eigenvalue weighted by atomic mass is 9.80. The van der Waals surface area contributed by atoms with Crippen molar-refractivity contribution >= 4 is 58.6 Å². The van der Waals surface area contributed by atoms with E-state index in [0.717, 1.165) is 88.9 Å². The van der Waals surface area contributed by atoms with Gasteiger partial charge in [0.15, 0.2) is 0 Å². The number of benzene rings is 2. The zero-order chi connectivity index (χ0) is 29.2. The van der Waals surface area contributed by atoms with Crippen LogP contribution in [0.5, 0.6) is 0 Å². The predicted octanol–water partition coefficient (Wildman–Crippen LogP) is 5.66. The smallest absolute Gasteiger partial charge is 0.303 e. The van der Waals surface area contributed by atoms with Crippen LogP contribution in [0.4, 0.5) is 0 Å². The monoisotopic (exact) mass is 640 g/mol. The zero-order valence-corrected chi connectivity index (χ0v) is 27.0. The lowest BCUT2D eigenvalue weighted by Gasteiger charge is -2.36. The van der Waals surface area contributed by atoms with E-state index < -0.39 is 5.97 Å². The van der Waals surface area contributed by atoms with Gasteiger partial charge in [-0.25, -0.2) is 4.98 Å². The van der Waals surface area contributed by atoms with Gasteiger partial charge in [-0.2, -0.15) is 0 Å². The highest BCUT2D eigenvalue weighted by atomic mass is 35.5. The minimum absolute atomic E-state index is 0. The van der Waals surface area contributed by atoms with E-state index in [9.17, 15) is 14.7 Å². The molecule has 0 saturated carbocycles. The van der Waals surface area contributed by atoms with Crippen LogP contribution in [0, 0.1) is 19.8 Å². The number of nitrogens with one attached hydrogen (secondary N) is 1. The highest BCUT2D eigenvalue weighted by Gasteiger charge is 2.34. The largest absolute Gasteiger partial charge is 0.481 e. The van der Waals surface area contributed by atoms with E-state index in [1.807, 2.05) is 17.9 Å². The molecule has 2 N–H and O–H groups in total. The first-order valence-electron chi connectivity index (χ1n) is 15.2. The van der Waals surface area contributed by atoms with Crippen LogP contribution in [0.15, 0.2) is 48.5 Å².